The maximum absolute atomic E-state index is 12.1. The second-order valence-electron chi connectivity index (χ2n) is 5.91. The molecule has 23 heavy (non-hydrogen) atoms. The van der Waals surface area contributed by atoms with Crippen molar-refractivity contribution in [3.63, 3.8) is 0 Å². The van der Waals surface area contributed by atoms with Gasteiger partial charge in [-0.2, -0.15) is 0 Å². The summed E-state index contributed by atoms with van der Waals surface area (Å²) in [5, 5.41) is 2.95. The van der Waals surface area contributed by atoms with Gasteiger partial charge in [0.05, 0.1) is 7.11 Å². The Kier molecular flexibility index (Phi) is 6.15. The summed E-state index contributed by atoms with van der Waals surface area (Å²) in [4.78, 5) is 16.3. The predicted octanol–water partition coefficient (Wildman–Crippen LogP) is 3.28. The number of aromatic nitrogens is 1. The first-order valence-corrected chi connectivity index (χ1v) is 7.88. The largest absolute Gasteiger partial charge is 0.496 e. The molecule has 2 aromatic rings. The topological polar surface area (TPSA) is 51.2 Å². The van der Waals surface area contributed by atoms with E-state index in [-0.39, 0.29) is 11.8 Å². The Hall–Kier alpha value is -2.36. The van der Waals surface area contributed by atoms with Crippen LogP contribution in [0.25, 0.3) is 0 Å². The molecular formula is C19H24N2O2. The molecule has 0 spiro atoms. The van der Waals surface area contributed by atoms with E-state index >= 15 is 0 Å². The zero-order valence-electron chi connectivity index (χ0n) is 14.0. The summed E-state index contributed by atoms with van der Waals surface area (Å²) in [5.41, 5.74) is 3.13. The molecule has 0 aliphatic heterocycles. The Labute approximate surface area is 137 Å². The molecule has 2 rings (SSSR count). The summed E-state index contributed by atoms with van der Waals surface area (Å²) in [6.07, 6.45) is 3.12. The van der Waals surface area contributed by atoms with Crippen molar-refractivity contribution in [2.75, 3.05) is 7.11 Å². The van der Waals surface area contributed by atoms with E-state index in [2.05, 4.69) is 17.2 Å². The van der Waals surface area contributed by atoms with E-state index < -0.39 is 0 Å². The molecule has 0 saturated carbocycles. The van der Waals surface area contributed by atoms with E-state index in [1.165, 1.54) is 0 Å². The average Bonchev–Trinajstić information content (AvgIpc) is 2.54. The van der Waals surface area contributed by atoms with Gasteiger partial charge in [0.25, 0.3) is 0 Å². The Morgan fingerprint density at radius 2 is 2.04 bits per heavy atom. The van der Waals surface area contributed by atoms with E-state index in [1.54, 1.807) is 13.3 Å². The number of methoxy groups -OCH3 is 1. The SMILES string of the molecule is COc1ccccc1C[C@@H](C)CC(=O)NCc1ccc(C)nc1. The Bertz CT molecular complexity index is 638. The molecule has 0 fully saturated rings. The van der Waals surface area contributed by atoms with Gasteiger partial charge in [-0.15, -0.1) is 0 Å². The van der Waals surface area contributed by atoms with Crippen molar-refractivity contribution >= 4 is 5.91 Å². The minimum atomic E-state index is 0.0629. The average molecular weight is 312 g/mol. The van der Waals surface area contributed by atoms with Gasteiger partial charge >= 0.3 is 0 Å². The van der Waals surface area contributed by atoms with E-state index in [0.717, 1.165) is 29.0 Å². The van der Waals surface area contributed by atoms with Crippen molar-refractivity contribution in [3.8, 4) is 5.75 Å². The summed E-state index contributed by atoms with van der Waals surface area (Å²) in [6.45, 7) is 4.55. The molecule has 1 heterocycles. The van der Waals surface area contributed by atoms with E-state index in [9.17, 15) is 4.79 Å². The van der Waals surface area contributed by atoms with Gasteiger partial charge in [0.15, 0.2) is 0 Å². The first-order valence-electron chi connectivity index (χ1n) is 7.88. The van der Waals surface area contributed by atoms with E-state index in [1.807, 2.05) is 43.3 Å². The molecule has 0 unspecified atom stereocenters. The van der Waals surface area contributed by atoms with Crippen LogP contribution in [0, 0.1) is 12.8 Å². The molecule has 0 saturated heterocycles. The van der Waals surface area contributed by atoms with Gasteiger partial charge in [0.1, 0.15) is 5.75 Å². The number of aryl methyl sites for hydroxylation is 1. The zero-order chi connectivity index (χ0) is 16.7. The first-order chi connectivity index (χ1) is 11.1. The summed E-state index contributed by atoms with van der Waals surface area (Å²) < 4.78 is 5.36. The number of rotatable bonds is 7. The molecular weight excluding hydrogens is 288 g/mol. The minimum absolute atomic E-state index is 0.0629. The van der Waals surface area contributed by atoms with E-state index in [4.69, 9.17) is 4.74 Å². The van der Waals surface area contributed by atoms with Gasteiger partial charge in [-0.05, 0) is 42.5 Å². The standard InChI is InChI=1S/C19H24N2O2/c1-14(10-17-6-4-5-7-18(17)23-3)11-19(22)21-13-16-9-8-15(2)20-12-16/h4-9,12,14H,10-11,13H2,1-3H3,(H,21,22)/t14-/m1/s1. The first kappa shape index (κ1) is 17.0. The number of pyridine rings is 1. The number of para-hydroxylation sites is 1. The lowest BCUT2D eigenvalue weighted by molar-refractivity contribution is -0.122. The third kappa shape index (κ3) is 5.40. The minimum Gasteiger partial charge on any atom is -0.496 e. The molecule has 1 aromatic heterocycles. The lowest BCUT2D eigenvalue weighted by atomic mass is 9.97. The fraction of sp³-hybridized carbons (Fsp3) is 0.368. The Balaban J connectivity index is 1.81. The maximum Gasteiger partial charge on any atom is 0.220 e. The van der Waals surface area contributed by atoms with E-state index in [0.29, 0.717) is 13.0 Å². The molecule has 0 bridgehead atoms. The lowest BCUT2D eigenvalue weighted by Crippen LogP contribution is -2.25. The molecule has 0 aliphatic rings. The van der Waals surface area contributed by atoms with Crippen LogP contribution >= 0.6 is 0 Å². The monoisotopic (exact) mass is 312 g/mol. The fourth-order valence-corrected chi connectivity index (χ4v) is 2.51. The van der Waals surface area contributed by atoms with Gasteiger partial charge in [0.2, 0.25) is 5.91 Å². The summed E-state index contributed by atoms with van der Waals surface area (Å²) in [6, 6.07) is 11.9. The number of ether oxygens (including phenoxy) is 1. The van der Waals surface area contributed by atoms with Crippen molar-refractivity contribution in [1.82, 2.24) is 10.3 Å². The Morgan fingerprint density at radius 3 is 2.74 bits per heavy atom. The normalized spacial score (nSPS) is 11.8. The third-order valence-electron chi connectivity index (χ3n) is 3.76. The number of carbonyl (C=O) groups excluding carboxylic acids is 1. The van der Waals surface area contributed by atoms with Crippen molar-refractivity contribution in [1.29, 1.82) is 0 Å². The maximum atomic E-state index is 12.1. The number of nitrogens with zero attached hydrogens (tertiary/aromatic N) is 1. The number of benzene rings is 1. The van der Waals surface area contributed by atoms with Crippen LogP contribution in [0.4, 0.5) is 0 Å². The molecule has 4 nitrogen and oxygen atoms in total. The van der Waals surface area contributed by atoms with Crippen LogP contribution in [0.3, 0.4) is 0 Å². The number of amides is 1. The highest BCUT2D eigenvalue weighted by molar-refractivity contribution is 5.76. The zero-order valence-corrected chi connectivity index (χ0v) is 14.0. The summed E-state index contributed by atoms with van der Waals surface area (Å²) in [7, 11) is 1.67. The molecule has 4 heteroatoms. The third-order valence-corrected chi connectivity index (χ3v) is 3.76. The van der Waals surface area contributed by atoms with Crippen LogP contribution in [0.15, 0.2) is 42.6 Å². The summed E-state index contributed by atoms with van der Waals surface area (Å²) in [5.74, 6) is 1.20. The van der Waals surface area contributed by atoms with Gasteiger partial charge in [-0.1, -0.05) is 31.2 Å². The molecule has 0 radical (unpaired) electrons. The summed E-state index contributed by atoms with van der Waals surface area (Å²) >= 11 is 0. The number of nitrogens with one attached hydrogen (secondary N) is 1. The smallest absolute Gasteiger partial charge is 0.220 e. The quantitative estimate of drug-likeness (QED) is 0.853. The van der Waals surface area contributed by atoms with Crippen LogP contribution in [-0.4, -0.2) is 18.0 Å². The van der Waals surface area contributed by atoms with Crippen molar-refractivity contribution in [2.24, 2.45) is 5.92 Å². The molecule has 1 amide bonds. The van der Waals surface area contributed by atoms with Gasteiger partial charge in [0, 0.05) is 24.9 Å². The fourth-order valence-electron chi connectivity index (χ4n) is 2.51. The van der Waals surface area contributed by atoms with Crippen LogP contribution in [0.5, 0.6) is 5.75 Å². The predicted molar refractivity (Wildman–Crippen MR) is 91.3 cm³/mol. The lowest BCUT2D eigenvalue weighted by Gasteiger charge is -2.14. The van der Waals surface area contributed by atoms with Gasteiger partial charge in [-0.3, -0.25) is 9.78 Å². The van der Waals surface area contributed by atoms with Crippen LogP contribution in [0.1, 0.15) is 30.2 Å². The number of carbonyl (C=O) groups is 1. The number of hydrogen-bond acceptors (Lipinski definition) is 3. The molecule has 1 aromatic carbocycles. The highest BCUT2D eigenvalue weighted by Gasteiger charge is 2.12. The van der Waals surface area contributed by atoms with Crippen molar-refractivity contribution < 1.29 is 9.53 Å². The second kappa shape index (κ2) is 8.32. The van der Waals surface area contributed by atoms with Crippen LogP contribution < -0.4 is 10.1 Å². The number of hydrogen-bond donors (Lipinski definition) is 1. The Morgan fingerprint density at radius 1 is 1.26 bits per heavy atom. The van der Waals surface area contributed by atoms with Crippen molar-refractivity contribution in [2.45, 2.75) is 33.2 Å². The van der Waals surface area contributed by atoms with Gasteiger partial charge < -0.3 is 10.1 Å². The molecule has 122 valence electrons. The highest BCUT2D eigenvalue weighted by Crippen LogP contribution is 2.22. The molecule has 1 atom stereocenters. The van der Waals surface area contributed by atoms with Crippen LogP contribution in [-0.2, 0) is 17.8 Å². The molecule has 1 N–H and O–H groups in total. The highest BCUT2D eigenvalue weighted by atomic mass is 16.5. The second-order valence-corrected chi connectivity index (χ2v) is 5.91. The van der Waals surface area contributed by atoms with Crippen LogP contribution in [0.2, 0.25) is 0 Å². The van der Waals surface area contributed by atoms with Crippen molar-refractivity contribution in [3.05, 3.63) is 59.4 Å². The molecule has 0 aliphatic carbocycles. The van der Waals surface area contributed by atoms with Gasteiger partial charge in [-0.25, -0.2) is 0 Å².